The first-order valence-electron chi connectivity index (χ1n) is 6.69. The van der Waals surface area contributed by atoms with Crippen LogP contribution in [0.15, 0.2) is 12.3 Å². The summed E-state index contributed by atoms with van der Waals surface area (Å²) in [6, 6.07) is 1.57. The van der Waals surface area contributed by atoms with Crippen molar-refractivity contribution in [3.8, 4) is 0 Å². The Morgan fingerprint density at radius 2 is 2.33 bits per heavy atom. The average molecular weight is 313 g/mol. The number of hydrogen-bond acceptors (Lipinski definition) is 5. The fraction of sp³-hybridized carbons (Fsp3) is 0.538. The maximum atomic E-state index is 12.2. The molecule has 21 heavy (non-hydrogen) atoms. The molecule has 0 bridgehead atoms. The third kappa shape index (κ3) is 3.68. The fourth-order valence-corrected chi connectivity index (χ4v) is 2.57. The number of pyridine rings is 1. The zero-order valence-corrected chi connectivity index (χ0v) is 12.6. The molecule has 0 saturated carbocycles. The summed E-state index contributed by atoms with van der Waals surface area (Å²) in [6.45, 7) is 2.99. The van der Waals surface area contributed by atoms with Gasteiger partial charge in [-0.05, 0) is 26.8 Å². The summed E-state index contributed by atoms with van der Waals surface area (Å²) in [7, 11) is 2.05. The van der Waals surface area contributed by atoms with Gasteiger partial charge in [-0.25, -0.2) is 4.98 Å². The molecule has 1 saturated heterocycles. The van der Waals surface area contributed by atoms with E-state index in [0.29, 0.717) is 6.04 Å². The van der Waals surface area contributed by atoms with Crippen LogP contribution in [0.2, 0.25) is 5.15 Å². The summed E-state index contributed by atoms with van der Waals surface area (Å²) in [5, 5.41) is 13.6. The van der Waals surface area contributed by atoms with Crippen LogP contribution in [0.4, 0.5) is 5.69 Å². The van der Waals surface area contributed by atoms with Gasteiger partial charge in [0.15, 0.2) is 0 Å². The Balaban J connectivity index is 2.10. The monoisotopic (exact) mass is 312 g/mol. The van der Waals surface area contributed by atoms with Crippen LogP contribution >= 0.6 is 11.6 Å². The van der Waals surface area contributed by atoms with Crippen molar-refractivity contribution >= 4 is 23.2 Å². The van der Waals surface area contributed by atoms with E-state index in [-0.39, 0.29) is 22.4 Å². The van der Waals surface area contributed by atoms with E-state index >= 15 is 0 Å². The highest BCUT2D eigenvalue weighted by atomic mass is 35.5. The van der Waals surface area contributed by atoms with E-state index in [1.165, 1.54) is 0 Å². The molecular formula is C13H17ClN4O3. The maximum absolute atomic E-state index is 12.2. The molecule has 0 spiro atoms. The van der Waals surface area contributed by atoms with Gasteiger partial charge in [0.1, 0.15) is 11.3 Å². The second kappa shape index (κ2) is 6.36. The van der Waals surface area contributed by atoms with Gasteiger partial charge in [0.05, 0.1) is 10.5 Å². The Labute approximate surface area is 127 Å². The van der Waals surface area contributed by atoms with Gasteiger partial charge in [-0.1, -0.05) is 11.6 Å². The van der Waals surface area contributed by atoms with Crippen molar-refractivity contribution in [3.05, 3.63) is 33.1 Å². The van der Waals surface area contributed by atoms with Crippen LogP contribution in [0.1, 0.15) is 30.1 Å². The van der Waals surface area contributed by atoms with Gasteiger partial charge in [0.2, 0.25) is 0 Å². The molecule has 1 fully saturated rings. The largest absolute Gasteiger partial charge is 0.349 e. The predicted molar refractivity (Wildman–Crippen MR) is 78.5 cm³/mol. The lowest BCUT2D eigenvalue weighted by molar-refractivity contribution is -0.385. The van der Waals surface area contributed by atoms with Crippen LogP contribution in [0.25, 0.3) is 0 Å². The molecule has 0 aliphatic carbocycles. The zero-order valence-electron chi connectivity index (χ0n) is 11.9. The SMILES string of the molecule is CC1CC(NC(=O)c2cc([N+](=O)[O-])cnc2Cl)CCN1C. The Morgan fingerprint density at radius 3 is 2.95 bits per heavy atom. The molecule has 114 valence electrons. The van der Waals surface area contributed by atoms with Crippen molar-refractivity contribution < 1.29 is 9.72 Å². The number of hydrogen-bond donors (Lipinski definition) is 1. The van der Waals surface area contributed by atoms with E-state index in [1.807, 2.05) is 7.05 Å². The molecule has 7 nitrogen and oxygen atoms in total. The smallest absolute Gasteiger partial charge is 0.288 e. The van der Waals surface area contributed by atoms with Crippen LogP contribution in [0.5, 0.6) is 0 Å². The lowest BCUT2D eigenvalue weighted by Gasteiger charge is -2.35. The van der Waals surface area contributed by atoms with Crippen LogP contribution in [-0.2, 0) is 0 Å². The first-order valence-corrected chi connectivity index (χ1v) is 7.07. The lowest BCUT2D eigenvalue weighted by atomic mass is 9.98. The third-order valence-corrected chi connectivity index (χ3v) is 4.12. The fourth-order valence-electron chi connectivity index (χ4n) is 2.38. The molecule has 1 N–H and O–H groups in total. The molecule has 1 aromatic rings. The highest BCUT2D eigenvalue weighted by molar-refractivity contribution is 6.32. The summed E-state index contributed by atoms with van der Waals surface area (Å²) in [4.78, 5) is 28.3. The van der Waals surface area contributed by atoms with Crippen LogP contribution in [0, 0.1) is 10.1 Å². The van der Waals surface area contributed by atoms with E-state index in [2.05, 4.69) is 22.1 Å². The third-order valence-electron chi connectivity index (χ3n) is 3.82. The maximum Gasteiger partial charge on any atom is 0.288 e. The second-order valence-corrected chi connectivity index (χ2v) is 5.67. The first-order chi connectivity index (χ1) is 9.88. The van der Waals surface area contributed by atoms with E-state index in [9.17, 15) is 14.9 Å². The number of rotatable bonds is 3. The molecule has 1 aliphatic heterocycles. The standard InChI is InChI=1S/C13H17ClN4O3/c1-8-5-9(3-4-17(8)2)16-13(19)11-6-10(18(20)21)7-15-12(11)14/h6-9H,3-5H2,1-2H3,(H,16,19). The van der Waals surface area contributed by atoms with Crippen molar-refractivity contribution in [3.63, 3.8) is 0 Å². The van der Waals surface area contributed by atoms with Crippen molar-refractivity contribution in [2.45, 2.75) is 31.8 Å². The molecule has 8 heteroatoms. The molecule has 1 amide bonds. The van der Waals surface area contributed by atoms with E-state index in [1.54, 1.807) is 0 Å². The molecule has 1 aliphatic rings. The average Bonchev–Trinajstić information content (AvgIpc) is 2.43. The van der Waals surface area contributed by atoms with Gasteiger partial charge in [0.25, 0.3) is 11.6 Å². The van der Waals surface area contributed by atoms with Crippen molar-refractivity contribution in [1.82, 2.24) is 15.2 Å². The predicted octanol–water partition coefficient (Wildman–Crippen LogP) is 1.86. The number of likely N-dealkylation sites (tertiary alicyclic amines) is 1. The van der Waals surface area contributed by atoms with Gasteiger partial charge >= 0.3 is 0 Å². The van der Waals surface area contributed by atoms with Crippen LogP contribution < -0.4 is 5.32 Å². The number of amides is 1. The molecular weight excluding hydrogens is 296 g/mol. The Kier molecular flexibility index (Phi) is 4.74. The van der Waals surface area contributed by atoms with Crippen molar-refractivity contribution in [2.24, 2.45) is 0 Å². The Hall–Kier alpha value is -1.73. The number of nitrogens with one attached hydrogen (secondary N) is 1. The number of aromatic nitrogens is 1. The number of piperidine rings is 1. The van der Waals surface area contributed by atoms with Gasteiger partial charge in [-0.3, -0.25) is 14.9 Å². The summed E-state index contributed by atoms with van der Waals surface area (Å²) in [5.41, 5.74) is -0.209. The molecule has 0 aromatic carbocycles. The minimum absolute atomic E-state index is 0.0286. The number of nitro groups is 1. The van der Waals surface area contributed by atoms with Gasteiger partial charge < -0.3 is 10.2 Å². The minimum atomic E-state index is -0.599. The van der Waals surface area contributed by atoms with Gasteiger partial charge in [-0.15, -0.1) is 0 Å². The topological polar surface area (TPSA) is 88.4 Å². The Bertz CT molecular complexity index is 566. The van der Waals surface area contributed by atoms with Crippen molar-refractivity contribution in [2.75, 3.05) is 13.6 Å². The summed E-state index contributed by atoms with van der Waals surface area (Å²) in [5.74, 6) is -0.419. The lowest BCUT2D eigenvalue weighted by Crippen LogP contribution is -2.47. The van der Waals surface area contributed by atoms with E-state index < -0.39 is 10.8 Å². The molecule has 2 unspecified atom stereocenters. The summed E-state index contributed by atoms with van der Waals surface area (Å²) >= 11 is 5.86. The van der Waals surface area contributed by atoms with Gasteiger partial charge in [-0.2, -0.15) is 0 Å². The van der Waals surface area contributed by atoms with Crippen LogP contribution in [-0.4, -0.2) is 46.4 Å². The molecule has 2 heterocycles. The quantitative estimate of drug-likeness (QED) is 0.523. The first kappa shape index (κ1) is 15.7. The molecule has 0 radical (unpaired) electrons. The normalized spacial score (nSPS) is 22.8. The van der Waals surface area contributed by atoms with E-state index in [0.717, 1.165) is 31.6 Å². The summed E-state index contributed by atoms with van der Waals surface area (Å²) in [6.07, 6.45) is 2.71. The second-order valence-electron chi connectivity index (χ2n) is 5.31. The number of halogens is 1. The molecule has 2 atom stereocenters. The highest BCUT2D eigenvalue weighted by Crippen LogP contribution is 2.20. The summed E-state index contributed by atoms with van der Waals surface area (Å²) < 4.78 is 0. The van der Waals surface area contributed by atoms with Crippen LogP contribution in [0.3, 0.4) is 0 Å². The molecule has 2 rings (SSSR count). The molecule has 1 aromatic heterocycles. The van der Waals surface area contributed by atoms with Crippen molar-refractivity contribution in [1.29, 1.82) is 0 Å². The zero-order chi connectivity index (χ0) is 15.6. The number of carbonyl (C=O) groups is 1. The minimum Gasteiger partial charge on any atom is -0.349 e. The van der Waals surface area contributed by atoms with E-state index in [4.69, 9.17) is 11.6 Å². The Morgan fingerprint density at radius 1 is 1.62 bits per heavy atom. The van der Waals surface area contributed by atoms with Gasteiger partial charge in [0, 0.05) is 24.7 Å². The number of nitrogens with zero attached hydrogens (tertiary/aromatic N) is 3. The highest BCUT2D eigenvalue weighted by Gasteiger charge is 2.25. The number of carbonyl (C=O) groups excluding carboxylic acids is 1.